The van der Waals surface area contributed by atoms with Gasteiger partial charge in [-0.1, -0.05) is 13.8 Å². The van der Waals surface area contributed by atoms with Gasteiger partial charge in [0.15, 0.2) is 0 Å². The number of amides is 1. The first-order valence-electron chi connectivity index (χ1n) is 5.56. The predicted octanol–water partition coefficient (Wildman–Crippen LogP) is 1.29. The van der Waals surface area contributed by atoms with Crippen LogP contribution in [0.15, 0.2) is 0 Å². The van der Waals surface area contributed by atoms with Crippen LogP contribution >= 0.6 is 0 Å². The molecular weight excluding hydrogens is 176 g/mol. The summed E-state index contributed by atoms with van der Waals surface area (Å²) in [5.74, 6) is 0.173. The van der Waals surface area contributed by atoms with Crippen LogP contribution in [0.1, 0.15) is 40.0 Å². The van der Waals surface area contributed by atoms with Crippen molar-refractivity contribution in [1.82, 2.24) is 10.6 Å². The van der Waals surface area contributed by atoms with Gasteiger partial charge < -0.3 is 10.6 Å². The third-order valence-electron chi connectivity index (χ3n) is 2.86. The molecule has 1 fully saturated rings. The third kappa shape index (κ3) is 4.09. The number of rotatable bonds is 6. The fraction of sp³-hybridized carbons (Fsp3) is 0.909. The van der Waals surface area contributed by atoms with Crippen LogP contribution in [0.2, 0.25) is 0 Å². The Hall–Kier alpha value is -0.570. The van der Waals surface area contributed by atoms with Gasteiger partial charge in [0.05, 0.1) is 0 Å². The Morgan fingerprint density at radius 2 is 2.14 bits per heavy atom. The molecule has 1 atom stereocenters. The minimum Gasteiger partial charge on any atom is -0.356 e. The van der Waals surface area contributed by atoms with Gasteiger partial charge in [-0.2, -0.15) is 0 Å². The van der Waals surface area contributed by atoms with Gasteiger partial charge in [-0.25, -0.2) is 0 Å². The van der Waals surface area contributed by atoms with E-state index in [1.807, 2.05) is 6.92 Å². The minimum absolute atomic E-state index is 0.173. The molecule has 0 aromatic carbocycles. The first kappa shape index (κ1) is 11.5. The monoisotopic (exact) mass is 198 g/mol. The van der Waals surface area contributed by atoms with Gasteiger partial charge in [-0.05, 0) is 31.7 Å². The highest BCUT2D eigenvalue weighted by Crippen LogP contribution is 2.43. The normalized spacial score (nSPS) is 20.2. The molecule has 1 amide bonds. The van der Waals surface area contributed by atoms with E-state index in [0.717, 1.165) is 13.1 Å². The van der Waals surface area contributed by atoms with Crippen molar-refractivity contribution in [1.29, 1.82) is 0 Å². The van der Waals surface area contributed by atoms with Crippen molar-refractivity contribution in [2.75, 3.05) is 13.1 Å². The van der Waals surface area contributed by atoms with Crippen molar-refractivity contribution in [3.05, 3.63) is 0 Å². The largest absolute Gasteiger partial charge is 0.356 e. The first-order valence-corrected chi connectivity index (χ1v) is 5.56. The van der Waals surface area contributed by atoms with E-state index in [-0.39, 0.29) is 11.9 Å². The summed E-state index contributed by atoms with van der Waals surface area (Å²) in [4.78, 5) is 11.5. The van der Waals surface area contributed by atoms with Crippen molar-refractivity contribution in [2.24, 2.45) is 5.41 Å². The van der Waals surface area contributed by atoms with E-state index in [4.69, 9.17) is 0 Å². The molecule has 0 bridgehead atoms. The molecule has 2 N–H and O–H groups in total. The lowest BCUT2D eigenvalue weighted by Crippen LogP contribution is -2.35. The smallest absolute Gasteiger partial charge is 0.221 e. The molecule has 1 aliphatic carbocycles. The van der Waals surface area contributed by atoms with Crippen LogP contribution in [0.3, 0.4) is 0 Å². The molecule has 1 saturated carbocycles. The zero-order chi connectivity index (χ0) is 10.6. The van der Waals surface area contributed by atoms with Gasteiger partial charge >= 0.3 is 0 Å². The lowest BCUT2D eigenvalue weighted by molar-refractivity contribution is -0.121. The van der Waals surface area contributed by atoms with E-state index in [1.165, 1.54) is 12.8 Å². The van der Waals surface area contributed by atoms with Crippen LogP contribution in [-0.4, -0.2) is 25.0 Å². The van der Waals surface area contributed by atoms with Crippen LogP contribution in [0.5, 0.6) is 0 Å². The summed E-state index contributed by atoms with van der Waals surface area (Å²) in [6.07, 6.45) is 3.11. The van der Waals surface area contributed by atoms with Gasteiger partial charge in [-0.15, -0.1) is 0 Å². The summed E-state index contributed by atoms with van der Waals surface area (Å²) in [5, 5.41) is 6.22. The fourth-order valence-electron chi connectivity index (χ4n) is 1.47. The summed E-state index contributed by atoms with van der Waals surface area (Å²) in [7, 11) is 0. The lowest BCUT2D eigenvalue weighted by Gasteiger charge is -2.14. The maximum atomic E-state index is 11.5. The molecule has 14 heavy (non-hydrogen) atoms. The Balaban J connectivity index is 2.09. The summed E-state index contributed by atoms with van der Waals surface area (Å²) in [6.45, 7) is 8.10. The lowest BCUT2D eigenvalue weighted by atomic mass is 10.1. The molecule has 0 saturated heterocycles. The molecule has 0 spiro atoms. The summed E-state index contributed by atoms with van der Waals surface area (Å²) >= 11 is 0. The first-order chi connectivity index (χ1) is 6.56. The van der Waals surface area contributed by atoms with E-state index < -0.39 is 0 Å². The zero-order valence-electron chi connectivity index (χ0n) is 9.52. The van der Waals surface area contributed by atoms with Crippen molar-refractivity contribution in [3.63, 3.8) is 0 Å². The molecule has 0 heterocycles. The molecule has 1 unspecified atom stereocenters. The maximum Gasteiger partial charge on any atom is 0.221 e. The Morgan fingerprint density at radius 3 is 2.64 bits per heavy atom. The molecule has 0 aromatic heterocycles. The number of carbonyl (C=O) groups is 1. The topological polar surface area (TPSA) is 41.1 Å². The Bertz CT molecular complexity index is 199. The third-order valence-corrected chi connectivity index (χ3v) is 2.86. The molecule has 0 radical (unpaired) electrons. The Morgan fingerprint density at radius 1 is 1.50 bits per heavy atom. The average molecular weight is 198 g/mol. The van der Waals surface area contributed by atoms with Gasteiger partial charge in [-0.3, -0.25) is 4.79 Å². The van der Waals surface area contributed by atoms with Gasteiger partial charge in [0.2, 0.25) is 5.91 Å². The second kappa shape index (κ2) is 4.78. The van der Waals surface area contributed by atoms with Crippen LogP contribution in [-0.2, 0) is 4.79 Å². The highest BCUT2D eigenvalue weighted by atomic mass is 16.1. The van der Waals surface area contributed by atoms with Crippen molar-refractivity contribution >= 4 is 5.91 Å². The number of carbonyl (C=O) groups excluding carboxylic acids is 1. The van der Waals surface area contributed by atoms with E-state index in [9.17, 15) is 4.79 Å². The highest BCUT2D eigenvalue weighted by Gasteiger charge is 2.37. The predicted molar refractivity (Wildman–Crippen MR) is 58.1 cm³/mol. The van der Waals surface area contributed by atoms with Crippen LogP contribution in [0, 0.1) is 5.41 Å². The number of nitrogens with one attached hydrogen (secondary N) is 2. The van der Waals surface area contributed by atoms with Crippen LogP contribution in [0.25, 0.3) is 0 Å². The molecule has 82 valence electrons. The number of hydrogen-bond donors (Lipinski definition) is 2. The van der Waals surface area contributed by atoms with E-state index >= 15 is 0 Å². The van der Waals surface area contributed by atoms with E-state index in [0.29, 0.717) is 11.8 Å². The standard InChI is InChI=1S/C11H22N2O/c1-4-12-9(2)7-10(14)13-8-11(3)5-6-11/h9,12H,4-8H2,1-3H3,(H,13,14). The fourth-order valence-corrected chi connectivity index (χ4v) is 1.47. The van der Waals surface area contributed by atoms with E-state index in [1.54, 1.807) is 0 Å². The van der Waals surface area contributed by atoms with Gasteiger partial charge in [0, 0.05) is 19.0 Å². The zero-order valence-corrected chi connectivity index (χ0v) is 9.52. The van der Waals surface area contributed by atoms with Gasteiger partial charge in [0.25, 0.3) is 0 Å². The van der Waals surface area contributed by atoms with Crippen molar-refractivity contribution < 1.29 is 4.79 Å². The molecule has 1 aliphatic rings. The molecule has 1 rings (SSSR count). The molecule has 0 aliphatic heterocycles. The molecule has 3 heteroatoms. The van der Waals surface area contributed by atoms with Crippen molar-refractivity contribution in [3.8, 4) is 0 Å². The second-order valence-corrected chi connectivity index (χ2v) is 4.75. The summed E-state index contributed by atoms with van der Waals surface area (Å²) in [6, 6.07) is 0.284. The SMILES string of the molecule is CCNC(C)CC(=O)NCC1(C)CC1. The molecule has 0 aromatic rings. The second-order valence-electron chi connectivity index (χ2n) is 4.75. The molecule has 3 nitrogen and oxygen atoms in total. The van der Waals surface area contributed by atoms with E-state index in [2.05, 4.69) is 24.5 Å². The number of hydrogen-bond acceptors (Lipinski definition) is 2. The highest BCUT2D eigenvalue weighted by molar-refractivity contribution is 5.76. The minimum atomic E-state index is 0.173. The maximum absolute atomic E-state index is 11.5. The Labute approximate surface area is 86.6 Å². The van der Waals surface area contributed by atoms with Gasteiger partial charge in [0.1, 0.15) is 0 Å². The molecular formula is C11H22N2O. The Kier molecular flexibility index (Phi) is 3.93. The quantitative estimate of drug-likeness (QED) is 0.675. The average Bonchev–Trinajstić information content (AvgIpc) is 2.82. The summed E-state index contributed by atoms with van der Waals surface area (Å²) < 4.78 is 0. The van der Waals surface area contributed by atoms with Crippen molar-refractivity contribution in [2.45, 2.75) is 46.1 Å². The van der Waals surface area contributed by atoms with Crippen LogP contribution in [0.4, 0.5) is 0 Å². The van der Waals surface area contributed by atoms with Crippen LogP contribution < -0.4 is 10.6 Å². The summed E-state index contributed by atoms with van der Waals surface area (Å²) in [5.41, 5.74) is 0.414.